The van der Waals surface area contributed by atoms with Gasteiger partial charge in [0, 0.05) is 6.26 Å². The quantitative estimate of drug-likeness (QED) is 0.229. The SMILES string of the molecule is C=[N+]([O-])c1c(N)nc(S(C)(=O)=O)nc1N(Cc1cccc(OC)c1)C(=O)OCC. The molecule has 11 nitrogen and oxygen atoms in total. The average Bonchev–Trinajstić information content (AvgIpc) is 2.64. The normalized spacial score (nSPS) is 11.0. The number of benzene rings is 1. The first kappa shape index (κ1) is 21.9. The van der Waals surface area contributed by atoms with Crippen LogP contribution in [0.2, 0.25) is 0 Å². The molecule has 0 spiro atoms. The van der Waals surface area contributed by atoms with Crippen LogP contribution in [0.3, 0.4) is 0 Å². The Labute approximate surface area is 167 Å². The topological polar surface area (TPSA) is 151 Å². The largest absolute Gasteiger partial charge is 0.619 e. The van der Waals surface area contributed by atoms with Gasteiger partial charge in [-0.2, -0.15) is 14.7 Å². The number of methoxy groups -OCH3 is 1. The van der Waals surface area contributed by atoms with E-state index in [2.05, 4.69) is 16.7 Å². The maximum Gasteiger partial charge on any atom is 0.415 e. The van der Waals surface area contributed by atoms with E-state index in [-0.39, 0.29) is 29.4 Å². The van der Waals surface area contributed by atoms with Crippen molar-refractivity contribution in [2.45, 2.75) is 18.6 Å². The molecule has 0 saturated heterocycles. The number of hydrogen-bond donors (Lipinski definition) is 1. The molecule has 2 rings (SSSR count). The highest BCUT2D eigenvalue weighted by molar-refractivity contribution is 7.90. The molecule has 1 aromatic carbocycles. The molecule has 0 atom stereocenters. The van der Waals surface area contributed by atoms with Gasteiger partial charge in [-0.1, -0.05) is 12.1 Å². The first-order valence-corrected chi connectivity index (χ1v) is 10.2. The van der Waals surface area contributed by atoms with Crippen LogP contribution in [0, 0.1) is 5.21 Å². The van der Waals surface area contributed by atoms with Crippen LogP contribution in [0.4, 0.5) is 22.1 Å². The molecule has 29 heavy (non-hydrogen) atoms. The minimum Gasteiger partial charge on any atom is -0.619 e. The predicted molar refractivity (Wildman–Crippen MR) is 106 cm³/mol. The summed E-state index contributed by atoms with van der Waals surface area (Å²) in [5.41, 5.74) is 6.01. The van der Waals surface area contributed by atoms with Crippen LogP contribution in [0.5, 0.6) is 5.75 Å². The number of carbonyl (C=O) groups is 1. The van der Waals surface area contributed by atoms with Crippen LogP contribution in [0.25, 0.3) is 0 Å². The number of nitrogens with zero attached hydrogens (tertiary/aromatic N) is 4. The summed E-state index contributed by atoms with van der Waals surface area (Å²) in [6, 6.07) is 6.78. The maximum absolute atomic E-state index is 12.6. The Morgan fingerprint density at radius 2 is 2.07 bits per heavy atom. The molecule has 2 aromatic rings. The van der Waals surface area contributed by atoms with E-state index in [1.807, 2.05) is 0 Å². The standard InChI is InChI=1S/C17H21N5O6S/c1-5-28-17(23)22(10-11-7-6-8-12(9-11)27-3)15-13(21(2)24)14(18)19-16(20-15)29(4,25)26/h6-9H,2,5,10H2,1,3-4H3,(H2,18,19,20). The number of hydrogen-bond acceptors (Lipinski definition) is 9. The van der Waals surface area contributed by atoms with Gasteiger partial charge in [0.05, 0.1) is 20.3 Å². The number of carbonyl (C=O) groups excluding carboxylic acids is 1. The van der Waals surface area contributed by atoms with Crippen LogP contribution in [-0.4, -0.2) is 55.9 Å². The molecule has 1 heterocycles. The highest BCUT2D eigenvalue weighted by Crippen LogP contribution is 2.33. The van der Waals surface area contributed by atoms with Crippen molar-refractivity contribution in [2.24, 2.45) is 0 Å². The van der Waals surface area contributed by atoms with Crippen LogP contribution in [0.1, 0.15) is 12.5 Å². The third kappa shape index (κ3) is 5.10. The third-order valence-corrected chi connectivity index (χ3v) is 4.52. The second-order valence-electron chi connectivity index (χ2n) is 5.85. The van der Waals surface area contributed by atoms with E-state index in [1.165, 1.54) is 7.11 Å². The lowest BCUT2D eigenvalue weighted by atomic mass is 10.2. The molecule has 156 valence electrons. The molecule has 0 fully saturated rings. The summed E-state index contributed by atoms with van der Waals surface area (Å²) in [7, 11) is -2.40. The van der Waals surface area contributed by atoms with Gasteiger partial charge in [-0.15, -0.1) is 0 Å². The van der Waals surface area contributed by atoms with Gasteiger partial charge in [-0.3, -0.25) is 4.90 Å². The van der Waals surface area contributed by atoms with Crippen molar-refractivity contribution >= 4 is 40.0 Å². The van der Waals surface area contributed by atoms with Gasteiger partial charge in [-0.25, -0.2) is 13.2 Å². The minimum absolute atomic E-state index is 0.0355. The van der Waals surface area contributed by atoms with E-state index in [1.54, 1.807) is 31.2 Å². The van der Waals surface area contributed by atoms with Gasteiger partial charge in [-0.05, 0) is 24.6 Å². The van der Waals surface area contributed by atoms with Crippen molar-refractivity contribution in [3.8, 4) is 5.75 Å². The Bertz CT molecular complexity index is 1040. The van der Waals surface area contributed by atoms with Gasteiger partial charge in [0.15, 0.2) is 0 Å². The lowest BCUT2D eigenvalue weighted by molar-refractivity contribution is -0.348. The van der Waals surface area contributed by atoms with Crippen LogP contribution in [0.15, 0.2) is 29.4 Å². The Hall–Kier alpha value is -3.41. The van der Waals surface area contributed by atoms with E-state index < -0.39 is 26.9 Å². The van der Waals surface area contributed by atoms with E-state index in [9.17, 15) is 18.4 Å². The lowest BCUT2D eigenvalue weighted by Gasteiger charge is -2.23. The maximum atomic E-state index is 12.6. The zero-order chi connectivity index (χ0) is 21.8. The minimum atomic E-state index is -3.89. The molecule has 0 aliphatic rings. The van der Waals surface area contributed by atoms with Crippen LogP contribution in [-0.2, 0) is 21.1 Å². The summed E-state index contributed by atoms with van der Waals surface area (Å²) < 4.78 is 34.2. The molecule has 1 aromatic heterocycles. The van der Waals surface area contributed by atoms with E-state index in [0.717, 1.165) is 11.2 Å². The first-order chi connectivity index (χ1) is 13.6. The van der Waals surface area contributed by atoms with Crippen molar-refractivity contribution < 1.29 is 27.4 Å². The zero-order valence-corrected chi connectivity index (χ0v) is 17.0. The lowest BCUT2D eigenvalue weighted by Crippen LogP contribution is -2.33. The van der Waals surface area contributed by atoms with E-state index in [4.69, 9.17) is 15.2 Å². The molecule has 0 saturated carbocycles. The van der Waals surface area contributed by atoms with E-state index in [0.29, 0.717) is 11.3 Å². The van der Waals surface area contributed by atoms with Gasteiger partial charge in [0.2, 0.25) is 21.5 Å². The molecule has 0 bridgehead atoms. The summed E-state index contributed by atoms with van der Waals surface area (Å²) >= 11 is 0. The van der Waals surface area contributed by atoms with Crippen molar-refractivity contribution in [3.05, 3.63) is 35.0 Å². The summed E-state index contributed by atoms with van der Waals surface area (Å²) in [6.45, 7) is 4.73. The van der Waals surface area contributed by atoms with Crippen molar-refractivity contribution in [2.75, 3.05) is 30.6 Å². The number of sulfone groups is 1. The molecular formula is C17H21N5O6S. The van der Waals surface area contributed by atoms with Crippen molar-refractivity contribution in [3.63, 3.8) is 0 Å². The van der Waals surface area contributed by atoms with Gasteiger partial charge in [0.1, 0.15) is 12.5 Å². The van der Waals surface area contributed by atoms with Gasteiger partial charge in [0.25, 0.3) is 5.16 Å². The van der Waals surface area contributed by atoms with Crippen molar-refractivity contribution in [1.29, 1.82) is 0 Å². The number of rotatable bonds is 7. The van der Waals surface area contributed by atoms with Crippen LogP contribution >= 0.6 is 0 Å². The molecule has 1 amide bonds. The fraction of sp³-hybridized carbons (Fsp3) is 0.294. The molecule has 0 aliphatic heterocycles. The Kier molecular flexibility index (Phi) is 6.59. The number of aromatic nitrogens is 2. The number of nitrogens with two attached hydrogens (primary N) is 1. The number of nitrogen functional groups attached to an aromatic ring is 1. The molecule has 0 unspecified atom stereocenters. The molecule has 0 radical (unpaired) electrons. The monoisotopic (exact) mass is 423 g/mol. The Balaban J connectivity index is 2.70. The molecular weight excluding hydrogens is 402 g/mol. The highest BCUT2D eigenvalue weighted by Gasteiger charge is 2.31. The summed E-state index contributed by atoms with van der Waals surface area (Å²) in [4.78, 5) is 21.2. The Morgan fingerprint density at radius 3 is 2.62 bits per heavy atom. The third-order valence-electron chi connectivity index (χ3n) is 3.67. The first-order valence-electron chi connectivity index (χ1n) is 8.31. The summed E-state index contributed by atoms with van der Waals surface area (Å²) in [5, 5.41) is 11.3. The summed E-state index contributed by atoms with van der Waals surface area (Å²) in [6.07, 6.45) is 0.0113. The zero-order valence-electron chi connectivity index (χ0n) is 16.2. The second kappa shape index (κ2) is 8.73. The number of anilines is 2. The van der Waals surface area contributed by atoms with Crippen molar-refractivity contribution in [1.82, 2.24) is 9.97 Å². The highest BCUT2D eigenvalue weighted by atomic mass is 32.2. The fourth-order valence-electron chi connectivity index (χ4n) is 2.41. The van der Waals surface area contributed by atoms with E-state index >= 15 is 0 Å². The smallest absolute Gasteiger partial charge is 0.415 e. The van der Waals surface area contributed by atoms with Gasteiger partial charge >= 0.3 is 11.8 Å². The fourth-order valence-corrected chi connectivity index (χ4v) is 2.93. The van der Waals surface area contributed by atoms with Gasteiger partial charge < -0.3 is 20.4 Å². The average molecular weight is 423 g/mol. The number of ether oxygens (including phenoxy) is 2. The molecule has 0 aliphatic carbocycles. The Morgan fingerprint density at radius 1 is 1.38 bits per heavy atom. The molecule has 12 heteroatoms. The summed E-state index contributed by atoms with van der Waals surface area (Å²) in [5.74, 6) is -0.252. The predicted octanol–water partition coefficient (Wildman–Crippen LogP) is 1.48. The van der Waals surface area contributed by atoms with Crippen LogP contribution < -0.4 is 15.4 Å². The number of amides is 1. The molecule has 2 N–H and O–H groups in total. The second-order valence-corrected chi connectivity index (χ2v) is 7.76.